The number of aliphatic imine (C=N–C) groups is 1. The molecule has 0 spiro atoms. The summed E-state index contributed by atoms with van der Waals surface area (Å²) in [6.07, 6.45) is 2.49. The standard InChI is InChI=1S/C16H28N4O2S/c1-4-13-12(14(5-2)22-20-13)9-18-15(17-6-3)19-10-16(21)7-8-23-11-16/h21H,4-11H2,1-3H3,(H2,17,18,19). The molecule has 0 aromatic carbocycles. The van der Waals surface area contributed by atoms with E-state index in [1.807, 2.05) is 6.92 Å². The van der Waals surface area contributed by atoms with Crippen molar-refractivity contribution in [3.63, 3.8) is 0 Å². The lowest BCUT2D eigenvalue weighted by Gasteiger charge is -2.23. The Morgan fingerprint density at radius 3 is 2.78 bits per heavy atom. The highest BCUT2D eigenvalue weighted by Crippen LogP contribution is 2.26. The van der Waals surface area contributed by atoms with Gasteiger partial charge in [0.1, 0.15) is 5.76 Å². The van der Waals surface area contributed by atoms with Crippen LogP contribution in [0.25, 0.3) is 0 Å². The highest BCUT2D eigenvalue weighted by atomic mass is 32.2. The van der Waals surface area contributed by atoms with Crippen molar-refractivity contribution in [3.05, 3.63) is 17.0 Å². The van der Waals surface area contributed by atoms with Gasteiger partial charge in [0, 0.05) is 30.8 Å². The first kappa shape index (κ1) is 18.1. The average Bonchev–Trinajstić information content (AvgIpc) is 3.16. The van der Waals surface area contributed by atoms with Gasteiger partial charge in [0.15, 0.2) is 5.96 Å². The number of hydrogen-bond donors (Lipinski definition) is 3. The number of rotatable bonds is 7. The van der Waals surface area contributed by atoms with Crippen LogP contribution in [0.3, 0.4) is 0 Å². The number of aromatic nitrogens is 1. The summed E-state index contributed by atoms with van der Waals surface area (Å²) < 4.78 is 5.38. The van der Waals surface area contributed by atoms with Crippen molar-refractivity contribution in [1.29, 1.82) is 0 Å². The van der Waals surface area contributed by atoms with Gasteiger partial charge >= 0.3 is 0 Å². The number of aryl methyl sites for hydroxylation is 2. The number of thioether (sulfide) groups is 1. The van der Waals surface area contributed by atoms with Crippen LogP contribution in [0.5, 0.6) is 0 Å². The minimum absolute atomic E-state index is 0.525. The van der Waals surface area contributed by atoms with Crippen LogP contribution in [0.15, 0.2) is 9.52 Å². The van der Waals surface area contributed by atoms with Crippen LogP contribution in [0.2, 0.25) is 0 Å². The Hall–Kier alpha value is -1.21. The Bertz CT molecular complexity index is 503. The summed E-state index contributed by atoms with van der Waals surface area (Å²) in [4.78, 5) is 4.64. The Balaban J connectivity index is 2.02. The van der Waals surface area contributed by atoms with Crippen molar-refractivity contribution < 1.29 is 9.63 Å². The van der Waals surface area contributed by atoms with Crippen molar-refractivity contribution in [2.24, 2.45) is 4.99 Å². The lowest BCUT2D eigenvalue weighted by Crippen LogP contribution is -2.47. The van der Waals surface area contributed by atoms with Crippen LogP contribution in [0.4, 0.5) is 0 Å². The zero-order valence-corrected chi connectivity index (χ0v) is 15.1. The van der Waals surface area contributed by atoms with E-state index in [0.29, 0.717) is 13.1 Å². The number of aliphatic hydroxyl groups is 1. The van der Waals surface area contributed by atoms with Crippen molar-refractivity contribution in [2.75, 3.05) is 24.6 Å². The molecule has 3 N–H and O–H groups in total. The molecule has 1 aliphatic heterocycles. The van der Waals surface area contributed by atoms with E-state index in [-0.39, 0.29) is 0 Å². The predicted molar refractivity (Wildman–Crippen MR) is 95.0 cm³/mol. The van der Waals surface area contributed by atoms with Crippen molar-refractivity contribution in [2.45, 2.75) is 52.2 Å². The first-order chi connectivity index (χ1) is 11.1. The fourth-order valence-corrected chi connectivity index (χ4v) is 3.90. The van der Waals surface area contributed by atoms with Gasteiger partial charge in [-0.3, -0.25) is 0 Å². The van der Waals surface area contributed by atoms with Gasteiger partial charge in [-0.2, -0.15) is 11.8 Å². The normalized spacial score (nSPS) is 21.7. The van der Waals surface area contributed by atoms with Crippen LogP contribution >= 0.6 is 11.8 Å². The SMILES string of the molecule is CCNC(=NCc1c(CC)noc1CC)NCC1(O)CCSC1. The minimum Gasteiger partial charge on any atom is -0.387 e. The van der Waals surface area contributed by atoms with Crippen molar-refractivity contribution >= 4 is 17.7 Å². The third-order valence-corrected chi connectivity index (χ3v) is 5.25. The molecule has 1 fully saturated rings. The van der Waals surface area contributed by atoms with Crippen molar-refractivity contribution in [3.8, 4) is 0 Å². The molecule has 7 heteroatoms. The van der Waals surface area contributed by atoms with Gasteiger partial charge in [-0.1, -0.05) is 19.0 Å². The molecule has 130 valence electrons. The molecule has 2 rings (SSSR count). The van der Waals surface area contributed by atoms with Gasteiger partial charge in [0.05, 0.1) is 17.8 Å². The monoisotopic (exact) mass is 340 g/mol. The third kappa shape index (κ3) is 4.88. The molecule has 0 saturated carbocycles. The number of nitrogens with one attached hydrogen (secondary N) is 2. The van der Waals surface area contributed by atoms with Crippen LogP contribution in [-0.2, 0) is 19.4 Å². The molecule has 1 saturated heterocycles. The maximum Gasteiger partial charge on any atom is 0.191 e. The molecule has 1 unspecified atom stereocenters. The Morgan fingerprint density at radius 2 is 2.17 bits per heavy atom. The summed E-state index contributed by atoms with van der Waals surface area (Å²) in [7, 11) is 0. The predicted octanol–water partition coefficient (Wildman–Crippen LogP) is 1.72. The zero-order valence-electron chi connectivity index (χ0n) is 14.3. The third-order valence-electron chi connectivity index (χ3n) is 4.01. The molecule has 0 amide bonds. The second-order valence-corrected chi connectivity index (χ2v) is 6.92. The van der Waals surface area contributed by atoms with Crippen LogP contribution in [-0.4, -0.2) is 46.4 Å². The second kappa shape index (κ2) is 8.59. The molecule has 1 aliphatic rings. The molecular weight excluding hydrogens is 312 g/mol. The van der Waals surface area contributed by atoms with Crippen molar-refractivity contribution in [1.82, 2.24) is 15.8 Å². The molecule has 0 radical (unpaired) electrons. The molecule has 2 heterocycles. The fourth-order valence-electron chi connectivity index (χ4n) is 2.60. The summed E-state index contributed by atoms with van der Waals surface area (Å²) in [6, 6.07) is 0. The molecule has 23 heavy (non-hydrogen) atoms. The van der Waals surface area contributed by atoms with E-state index in [4.69, 9.17) is 4.52 Å². The largest absolute Gasteiger partial charge is 0.387 e. The fraction of sp³-hybridized carbons (Fsp3) is 0.750. The summed E-state index contributed by atoms with van der Waals surface area (Å²) in [5.74, 6) is 3.44. The summed E-state index contributed by atoms with van der Waals surface area (Å²) in [6.45, 7) is 8.01. The Labute approximate surface area is 142 Å². The van der Waals surface area contributed by atoms with E-state index < -0.39 is 5.60 Å². The Morgan fingerprint density at radius 1 is 1.35 bits per heavy atom. The van der Waals surface area contributed by atoms with Gasteiger partial charge in [-0.05, 0) is 25.5 Å². The molecule has 0 bridgehead atoms. The van der Waals surface area contributed by atoms with E-state index in [2.05, 4.69) is 34.6 Å². The van der Waals surface area contributed by atoms with Crippen LogP contribution in [0.1, 0.15) is 44.2 Å². The first-order valence-electron chi connectivity index (χ1n) is 8.40. The zero-order chi connectivity index (χ0) is 16.7. The highest BCUT2D eigenvalue weighted by Gasteiger charge is 2.31. The van der Waals surface area contributed by atoms with E-state index in [1.165, 1.54) is 0 Å². The van der Waals surface area contributed by atoms with Gasteiger partial charge in [0.2, 0.25) is 0 Å². The van der Waals surface area contributed by atoms with E-state index in [0.717, 1.165) is 60.3 Å². The van der Waals surface area contributed by atoms with E-state index in [1.54, 1.807) is 11.8 Å². The molecule has 1 aromatic heterocycles. The average molecular weight is 340 g/mol. The summed E-state index contributed by atoms with van der Waals surface area (Å²) in [5, 5.41) is 21.1. The molecule has 6 nitrogen and oxygen atoms in total. The number of guanidine groups is 1. The van der Waals surface area contributed by atoms with E-state index >= 15 is 0 Å². The van der Waals surface area contributed by atoms with Crippen LogP contribution in [0, 0.1) is 0 Å². The second-order valence-electron chi connectivity index (χ2n) is 5.81. The van der Waals surface area contributed by atoms with Gasteiger partial charge < -0.3 is 20.3 Å². The minimum atomic E-state index is -0.624. The van der Waals surface area contributed by atoms with Gasteiger partial charge in [0.25, 0.3) is 0 Å². The maximum atomic E-state index is 10.4. The summed E-state index contributed by atoms with van der Waals surface area (Å²) >= 11 is 1.80. The van der Waals surface area contributed by atoms with Gasteiger partial charge in [-0.15, -0.1) is 0 Å². The number of nitrogens with zero attached hydrogens (tertiary/aromatic N) is 2. The molecular formula is C16H28N4O2S. The smallest absolute Gasteiger partial charge is 0.191 e. The first-order valence-corrected chi connectivity index (χ1v) is 9.56. The lowest BCUT2D eigenvalue weighted by molar-refractivity contribution is 0.0724. The molecule has 1 atom stereocenters. The lowest BCUT2D eigenvalue weighted by atomic mass is 10.0. The van der Waals surface area contributed by atoms with Crippen LogP contribution < -0.4 is 10.6 Å². The molecule has 0 aliphatic carbocycles. The van der Waals surface area contributed by atoms with Gasteiger partial charge in [-0.25, -0.2) is 4.99 Å². The highest BCUT2D eigenvalue weighted by molar-refractivity contribution is 7.99. The number of hydrogen-bond acceptors (Lipinski definition) is 5. The molecule has 1 aromatic rings. The quantitative estimate of drug-likeness (QED) is 0.518. The van der Waals surface area contributed by atoms with E-state index in [9.17, 15) is 5.11 Å². The Kier molecular flexibility index (Phi) is 6.77. The maximum absolute atomic E-state index is 10.4. The topological polar surface area (TPSA) is 82.7 Å². The summed E-state index contributed by atoms with van der Waals surface area (Å²) in [5.41, 5.74) is 1.44.